The third-order valence-corrected chi connectivity index (χ3v) is 6.65. The number of nitrogens with one attached hydrogen (secondary N) is 1. The number of unbranched alkanes of at least 4 members (excludes halogenated alkanes) is 11. The van der Waals surface area contributed by atoms with E-state index in [1.54, 1.807) is 0 Å². The van der Waals surface area contributed by atoms with Gasteiger partial charge in [-0.2, -0.15) is 0 Å². The Bertz CT molecular complexity index is 989. The fourth-order valence-corrected chi connectivity index (χ4v) is 4.38. The number of anilines is 1. The van der Waals surface area contributed by atoms with Crippen LogP contribution >= 0.6 is 0 Å². The minimum atomic E-state index is -1.48. The molecule has 2 N–H and O–H groups in total. The fourth-order valence-electron chi connectivity index (χ4n) is 4.38. The van der Waals surface area contributed by atoms with Crippen molar-refractivity contribution >= 4 is 17.6 Å². The van der Waals surface area contributed by atoms with Gasteiger partial charge in [0.25, 0.3) is 5.91 Å². The zero-order chi connectivity index (χ0) is 27.0. The number of amides is 1. The lowest BCUT2D eigenvalue weighted by atomic mass is 10.0. The number of ether oxygens (including phenoxy) is 1. The maximum Gasteiger partial charge on any atom is 0.339 e. The van der Waals surface area contributed by atoms with Gasteiger partial charge in [-0.25, -0.2) is 9.18 Å². The van der Waals surface area contributed by atoms with Gasteiger partial charge in [0.15, 0.2) is 0 Å². The zero-order valence-corrected chi connectivity index (χ0v) is 22.8. The second-order valence-electron chi connectivity index (χ2n) is 10.1. The molecular weight excluding hydrogens is 469 g/mol. The molecule has 0 aliphatic rings. The third-order valence-electron chi connectivity index (χ3n) is 6.65. The molecule has 0 radical (unpaired) electrons. The molecule has 0 unspecified atom stereocenters. The molecule has 0 spiro atoms. The topological polar surface area (TPSA) is 75.6 Å². The quantitative estimate of drug-likeness (QED) is 0.195. The van der Waals surface area contributed by atoms with Gasteiger partial charge in [0.1, 0.15) is 17.1 Å². The Morgan fingerprint density at radius 1 is 0.892 bits per heavy atom. The third kappa shape index (κ3) is 10.6. The molecule has 2 aromatic rings. The highest BCUT2D eigenvalue weighted by molar-refractivity contribution is 6.11. The number of carboxylic acids is 1. The van der Waals surface area contributed by atoms with Crippen molar-refractivity contribution in [1.82, 2.24) is 0 Å². The van der Waals surface area contributed by atoms with Crippen LogP contribution in [0.4, 0.5) is 10.1 Å². The SMILES string of the molecule is CCCCCCCCCCCCCCOc1ccc(C(C)C)cc1NC(=O)c1cccc(F)c1C(=O)O. The minimum Gasteiger partial charge on any atom is -0.491 e. The van der Waals surface area contributed by atoms with Crippen molar-refractivity contribution in [2.45, 2.75) is 104 Å². The summed E-state index contributed by atoms with van der Waals surface area (Å²) in [4.78, 5) is 24.4. The van der Waals surface area contributed by atoms with Gasteiger partial charge in [-0.1, -0.05) is 104 Å². The Kier molecular flexibility index (Phi) is 13.8. The van der Waals surface area contributed by atoms with E-state index in [-0.39, 0.29) is 11.5 Å². The van der Waals surface area contributed by atoms with Crippen molar-refractivity contribution in [1.29, 1.82) is 0 Å². The standard InChI is InChI=1S/C31H44FNO4/c1-4-5-6-7-8-9-10-11-12-13-14-15-21-37-28-20-19-24(23(2)3)22-27(28)33-30(34)25-17-16-18-26(32)29(25)31(35)36/h16-20,22-23H,4-15,21H2,1-3H3,(H,33,34)(H,35,36). The van der Waals surface area contributed by atoms with Crippen molar-refractivity contribution in [3.63, 3.8) is 0 Å². The molecule has 5 nitrogen and oxygen atoms in total. The van der Waals surface area contributed by atoms with Crippen LogP contribution in [0, 0.1) is 5.82 Å². The second-order valence-corrected chi connectivity index (χ2v) is 10.1. The van der Waals surface area contributed by atoms with E-state index in [4.69, 9.17) is 4.74 Å². The van der Waals surface area contributed by atoms with Gasteiger partial charge in [-0.3, -0.25) is 4.79 Å². The first-order chi connectivity index (χ1) is 17.8. The van der Waals surface area contributed by atoms with E-state index >= 15 is 0 Å². The minimum absolute atomic E-state index is 0.227. The predicted octanol–water partition coefficient (Wildman–Crippen LogP) is 8.98. The zero-order valence-electron chi connectivity index (χ0n) is 22.8. The van der Waals surface area contributed by atoms with Gasteiger partial charge in [0.05, 0.1) is 17.9 Å². The first-order valence-electron chi connectivity index (χ1n) is 13.9. The largest absolute Gasteiger partial charge is 0.491 e. The van der Waals surface area contributed by atoms with E-state index in [0.29, 0.717) is 18.0 Å². The smallest absolute Gasteiger partial charge is 0.339 e. The molecule has 0 saturated heterocycles. The number of carbonyl (C=O) groups excluding carboxylic acids is 1. The Hall–Kier alpha value is -2.89. The van der Waals surface area contributed by atoms with Crippen LogP contribution < -0.4 is 10.1 Å². The molecule has 37 heavy (non-hydrogen) atoms. The predicted molar refractivity (Wildman–Crippen MR) is 148 cm³/mol. The molecule has 1 amide bonds. The normalized spacial score (nSPS) is 11.1. The lowest BCUT2D eigenvalue weighted by Gasteiger charge is -2.16. The second kappa shape index (κ2) is 16.8. The summed E-state index contributed by atoms with van der Waals surface area (Å²) in [6, 6.07) is 9.29. The molecule has 0 aliphatic carbocycles. The highest BCUT2D eigenvalue weighted by Gasteiger charge is 2.22. The summed E-state index contributed by atoms with van der Waals surface area (Å²) >= 11 is 0. The first kappa shape index (κ1) is 30.3. The van der Waals surface area contributed by atoms with Gasteiger partial charge < -0.3 is 15.2 Å². The number of rotatable bonds is 18. The number of benzene rings is 2. The summed E-state index contributed by atoms with van der Waals surface area (Å²) in [5.74, 6) is -2.37. The summed E-state index contributed by atoms with van der Waals surface area (Å²) in [6.07, 6.45) is 15.2. The average molecular weight is 514 g/mol. The van der Waals surface area contributed by atoms with Gasteiger partial charge in [0, 0.05) is 0 Å². The van der Waals surface area contributed by atoms with Gasteiger partial charge in [0.2, 0.25) is 0 Å². The Morgan fingerprint density at radius 2 is 1.49 bits per heavy atom. The molecule has 204 valence electrons. The van der Waals surface area contributed by atoms with Crippen LogP contribution in [0.15, 0.2) is 36.4 Å². The van der Waals surface area contributed by atoms with Crippen LogP contribution in [0.25, 0.3) is 0 Å². The number of carboxylic acid groups (broad SMARTS) is 1. The number of aromatic carboxylic acids is 1. The molecule has 0 aromatic heterocycles. The fraction of sp³-hybridized carbons (Fsp3) is 0.548. The molecule has 2 aromatic carbocycles. The van der Waals surface area contributed by atoms with E-state index < -0.39 is 23.3 Å². The molecule has 0 atom stereocenters. The molecule has 0 fully saturated rings. The van der Waals surface area contributed by atoms with E-state index in [1.165, 1.54) is 76.3 Å². The van der Waals surface area contributed by atoms with Crippen LogP contribution in [0.1, 0.15) is 130 Å². The molecule has 0 saturated carbocycles. The maximum atomic E-state index is 14.1. The van der Waals surface area contributed by atoms with E-state index in [2.05, 4.69) is 12.2 Å². The molecule has 0 bridgehead atoms. The van der Waals surface area contributed by atoms with Crippen LogP contribution in [-0.2, 0) is 0 Å². The summed E-state index contributed by atoms with van der Waals surface area (Å²) in [5.41, 5.74) is 0.592. The molecule has 0 aliphatic heterocycles. The van der Waals surface area contributed by atoms with Crippen LogP contribution in [-0.4, -0.2) is 23.6 Å². The highest BCUT2D eigenvalue weighted by atomic mass is 19.1. The highest BCUT2D eigenvalue weighted by Crippen LogP contribution is 2.30. The summed E-state index contributed by atoms with van der Waals surface area (Å²) < 4.78 is 20.1. The Balaban J connectivity index is 1.86. The van der Waals surface area contributed by atoms with E-state index in [0.717, 1.165) is 24.5 Å². The number of hydrogen-bond acceptors (Lipinski definition) is 3. The van der Waals surface area contributed by atoms with Crippen molar-refractivity contribution in [3.8, 4) is 5.75 Å². The van der Waals surface area contributed by atoms with E-state index in [1.807, 2.05) is 32.0 Å². The van der Waals surface area contributed by atoms with Crippen LogP contribution in [0.2, 0.25) is 0 Å². The van der Waals surface area contributed by atoms with Gasteiger partial charge in [-0.15, -0.1) is 0 Å². The lowest BCUT2D eigenvalue weighted by Crippen LogP contribution is -2.18. The number of halogens is 1. The Morgan fingerprint density at radius 3 is 2.05 bits per heavy atom. The number of hydrogen-bond donors (Lipinski definition) is 2. The van der Waals surface area contributed by atoms with Gasteiger partial charge >= 0.3 is 5.97 Å². The molecule has 2 rings (SSSR count). The first-order valence-corrected chi connectivity index (χ1v) is 13.9. The number of carbonyl (C=O) groups is 2. The van der Waals surface area contributed by atoms with Crippen molar-refractivity contribution < 1.29 is 23.8 Å². The van der Waals surface area contributed by atoms with E-state index in [9.17, 15) is 19.1 Å². The average Bonchev–Trinajstić information content (AvgIpc) is 2.87. The molecule has 6 heteroatoms. The van der Waals surface area contributed by atoms with Gasteiger partial charge in [-0.05, 0) is 42.2 Å². The summed E-state index contributed by atoms with van der Waals surface area (Å²) in [5, 5.41) is 12.1. The lowest BCUT2D eigenvalue weighted by molar-refractivity contribution is 0.0687. The van der Waals surface area contributed by atoms with Crippen molar-refractivity contribution in [2.24, 2.45) is 0 Å². The Labute approximate surface area is 221 Å². The monoisotopic (exact) mass is 513 g/mol. The van der Waals surface area contributed by atoms with Crippen LogP contribution in [0.5, 0.6) is 5.75 Å². The molecular formula is C31H44FNO4. The van der Waals surface area contributed by atoms with Crippen LogP contribution in [0.3, 0.4) is 0 Å². The van der Waals surface area contributed by atoms with Crippen molar-refractivity contribution in [3.05, 3.63) is 58.9 Å². The summed E-state index contributed by atoms with van der Waals surface area (Å²) in [7, 11) is 0. The maximum absolute atomic E-state index is 14.1. The summed E-state index contributed by atoms with van der Waals surface area (Å²) in [6.45, 7) is 6.87. The molecule has 0 heterocycles. The van der Waals surface area contributed by atoms with Crippen molar-refractivity contribution in [2.75, 3.05) is 11.9 Å².